The van der Waals surface area contributed by atoms with Crippen molar-refractivity contribution in [2.75, 3.05) is 6.54 Å². The summed E-state index contributed by atoms with van der Waals surface area (Å²) < 4.78 is 38.5. The maximum atomic E-state index is 12.8. The van der Waals surface area contributed by atoms with Gasteiger partial charge in [0.25, 0.3) is 0 Å². The summed E-state index contributed by atoms with van der Waals surface area (Å²) in [6.45, 7) is 2.15. The molecule has 0 aromatic rings. The largest absolute Gasteiger partial charge is 0.406 e. The first-order chi connectivity index (χ1) is 9.70. The number of rotatable bonds is 3. The van der Waals surface area contributed by atoms with Crippen LogP contribution < -0.4 is 5.32 Å². The van der Waals surface area contributed by atoms with Gasteiger partial charge in [0.1, 0.15) is 18.1 Å². The molecule has 7 heteroatoms. The van der Waals surface area contributed by atoms with Crippen LogP contribution in [0.2, 0.25) is 0 Å². The third kappa shape index (κ3) is 3.01. The van der Waals surface area contributed by atoms with Crippen LogP contribution in [0.4, 0.5) is 13.2 Å². The summed E-state index contributed by atoms with van der Waals surface area (Å²) in [4.78, 5) is 25.7. The molecule has 0 bridgehead atoms. The van der Waals surface area contributed by atoms with E-state index in [0.29, 0.717) is 19.3 Å². The summed E-state index contributed by atoms with van der Waals surface area (Å²) in [5, 5.41) is 2.73. The van der Waals surface area contributed by atoms with Crippen molar-refractivity contribution in [1.82, 2.24) is 10.2 Å². The molecule has 1 saturated carbocycles. The van der Waals surface area contributed by atoms with Crippen molar-refractivity contribution in [1.29, 1.82) is 0 Å². The molecule has 0 aromatic heterocycles. The first kappa shape index (κ1) is 16.1. The highest BCUT2D eigenvalue weighted by molar-refractivity contribution is 6.00. The molecule has 21 heavy (non-hydrogen) atoms. The molecule has 2 atom stereocenters. The molecule has 4 nitrogen and oxygen atoms in total. The lowest BCUT2D eigenvalue weighted by molar-refractivity contribution is -0.180. The molecule has 120 valence electrons. The van der Waals surface area contributed by atoms with E-state index in [2.05, 4.69) is 5.32 Å². The van der Waals surface area contributed by atoms with Gasteiger partial charge in [-0.1, -0.05) is 33.1 Å². The molecule has 2 rings (SSSR count). The molecule has 1 aliphatic carbocycles. The fourth-order valence-corrected chi connectivity index (χ4v) is 3.38. The summed E-state index contributed by atoms with van der Waals surface area (Å²) in [6.07, 6.45) is -1.61. The average molecular weight is 306 g/mol. The highest BCUT2D eigenvalue weighted by Crippen LogP contribution is 2.37. The summed E-state index contributed by atoms with van der Waals surface area (Å²) in [6, 6.07) is -1.03. The van der Waals surface area contributed by atoms with E-state index in [1.807, 2.05) is 0 Å². The van der Waals surface area contributed by atoms with Crippen LogP contribution in [-0.4, -0.2) is 41.0 Å². The van der Waals surface area contributed by atoms with E-state index in [-0.39, 0.29) is 5.92 Å². The van der Waals surface area contributed by atoms with Crippen LogP contribution in [0, 0.1) is 5.92 Å². The Bertz CT molecular complexity index is 430. The molecule has 2 aliphatic rings. The monoisotopic (exact) mass is 306 g/mol. The molecule has 1 heterocycles. The number of hydrogen-bond donors (Lipinski definition) is 1. The lowest BCUT2D eigenvalue weighted by Gasteiger charge is -2.46. The van der Waals surface area contributed by atoms with Gasteiger partial charge in [-0.3, -0.25) is 9.59 Å². The molecule has 1 aliphatic heterocycles. The fourth-order valence-electron chi connectivity index (χ4n) is 3.38. The summed E-state index contributed by atoms with van der Waals surface area (Å²) in [5.74, 6) is -1.33. The van der Waals surface area contributed by atoms with E-state index in [1.165, 1.54) is 0 Å². The molecule has 1 N–H and O–H groups in total. The first-order valence-electron chi connectivity index (χ1n) is 7.40. The zero-order chi connectivity index (χ0) is 15.8. The van der Waals surface area contributed by atoms with Gasteiger partial charge in [-0.2, -0.15) is 13.2 Å². The number of amides is 2. The van der Waals surface area contributed by atoms with E-state index in [9.17, 15) is 22.8 Å². The van der Waals surface area contributed by atoms with E-state index in [0.717, 1.165) is 17.7 Å². The van der Waals surface area contributed by atoms with Gasteiger partial charge in [0.15, 0.2) is 0 Å². The molecule has 0 radical (unpaired) electrons. The van der Waals surface area contributed by atoms with E-state index in [1.54, 1.807) is 13.8 Å². The first-order valence-corrected chi connectivity index (χ1v) is 7.40. The Hall–Kier alpha value is -1.27. The number of nitrogens with zero attached hydrogens (tertiary/aromatic N) is 1. The minimum Gasteiger partial charge on any atom is -0.340 e. The van der Waals surface area contributed by atoms with Crippen LogP contribution in [0.5, 0.6) is 0 Å². The molecule has 2 unspecified atom stereocenters. The highest BCUT2D eigenvalue weighted by Gasteiger charge is 2.54. The fraction of sp³-hybridized carbons (Fsp3) is 0.857. The number of carbonyl (C=O) groups is 2. The van der Waals surface area contributed by atoms with Crippen molar-refractivity contribution in [2.24, 2.45) is 5.92 Å². The van der Waals surface area contributed by atoms with Crippen LogP contribution >= 0.6 is 0 Å². The maximum absolute atomic E-state index is 12.8. The molecular weight excluding hydrogens is 285 g/mol. The van der Waals surface area contributed by atoms with Gasteiger partial charge in [-0.05, 0) is 18.8 Å². The maximum Gasteiger partial charge on any atom is 0.406 e. The van der Waals surface area contributed by atoms with Crippen LogP contribution in [0.3, 0.4) is 0 Å². The third-order valence-electron chi connectivity index (χ3n) is 4.63. The Labute approximate surface area is 122 Å². The Kier molecular flexibility index (Phi) is 4.22. The smallest absolute Gasteiger partial charge is 0.340 e. The van der Waals surface area contributed by atoms with Crippen molar-refractivity contribution in [3.05, 3.63) is 0 Å². The van der Waals surface area contributed by atoms with Crippen LogP contribution in [0.25, 0.3) is 0 Å². The zero-order valence-electron chi connectivity index (χ0n) is 12.3. The number of nitrogens with one attached hydrogen (secondary N) is 1. The lowest BCUT2D eigenvalue weighted by Crippen LogP contribution is -2.71. The molecule has 2 amide bonds. The number of hydrogen-bond acceptors (Lipinski definition) is 2. The number of halogens is 3. The van der Waals surface area contributed by atoms with Crippen molar-refractivity contribution >= 4 is 11.8 Å². The Balaban J connectivity index is 2.34. The van der Waals surface area contributed by atoms with Crippen molar-refractivity contribution < 1.29 is 22.8 Å². The normalized spacial score (nSPS) is 27.1. The second kappa shape index (κ2) is 5.50. The quantitative estimate of drug-likeness (QED) is 0.869. The van der Waals surface area contributed by atoms with Gasteiger partial charge in [0.2, 0.25) is 11.8 Å². The van der Waals surface area contributed by atoms with Gasteiger partial charge >= 0.3 is 6.18 Å². The number of alkyl halides is 3. The second-order valence-corrected chi connectivity index (χ2v) is 6.16. The van der Waals surface area contributed by atoms with Crippen molar-refractivity contribution in [2.45, 2.75) is 63.7 Å². The van der Waals surface area contributed by atoms with Crippen LogP contribution in [0.1, 0.15) is 46.0 Å². The van der Waals surface area contributed by atoms with E-state index >= 15 is 0 Å². The molecule has 1 saturated heterocycles. The van der Waals surface area contributed by atoms with Gasteiger partial charge < -0.3 is 10.2 Å². The lowest BCUT2D eigenvalue weighted by atomic mass is 9.86. The standard InChI is InChI=1S/C14H21F3N2O2/c1-3-9(2)10-11(20)18-13(6-4-5-7-13)12(21)19(10)8-14(15,16)17/h9-10H,3-8H2,1-2H3,(H,18,20). The predicted molar refractivity (Wildman–Crippen MR) is 70.4 cm³/mol. The van der Waals surface area contributed by atoms with Gasteiger partial charge in [0.05, 0.1) is 0 Å². The molecular formula is C14H21F3N2O2. The average Bonchev–Trinajstić information content (AvgIpc) is 2.83. The topological polar surface area (TPSA) is 49.4 Å². The molecule has 0 aromatic carbocycles. The Morgan fingerprint density at radius 1 is 1.33 bits per heavy atom. The third-order valence-corrected chi connectivity index (χ3v) is 4.63. The predicted octanol–water partition coefficient (Wildman–Crippen LogP) is 2.23. The van der Waals surface area contributed by atoms with Crippen LogP contribution in [-0.2, 0) is 9.59 Å². The van der Waals surface area contributed by atoms with Gasteiger partial charge in [-0.25, -0.2) is 0 Å². The number of piperazine rings is 1. The summed E-state index contributed by atoms with van der Waals surface area (Å²) in [7, 11) is 0. The summed E-state index contributed by atoms with van der Waals surface area (Å²) >= 11 is 0. The summed E-state index contributed by atoms with van der Waals surface area (Å²) in [5.41, 5.74) is -1.10. The molecule has 1 spiro atoms. The minimum absolute atomic E-state index is 0.310. The molecule has 2 fully saturated rings. The van der Waals surface area contributed by atoms with E-state index < -0.39 is 36.1 Å². The number of carbonyl (C=O) groups excluding carboxylic acids is 2. The Morgan fingerprint density at radius 3 is 2.38 bits per heavy atom. The SMILES string of the molecule is CCC(C)C1C(=O)NC2(CCCC2)C(=O)N1CC(F)(F)F. The minimum atomic E-state index is -4.50. The van der Waals surface area contributed by atoms with E-state index in [4.69, 9.17) is 0 Å². The van der Waals surface area contributed by atoms with Crippen LogP contribution in [0.15, 0.2) is 0 Å². The van der Waals surface area contributed by atoms with Gasteiger partial charge in [0, 0.05) is 0 Å². The second-order valence-electron chi connectivity index (χ2n) is 6.16. The van der Waals surface area contributed by atoms with Crippen molar-refractivity contribution in [3.63, 3.8) is 0 Å². The van der Waals surface area contributed by atoms with Gasteiger partial charge in [-0.15, -0.1) is 0 Å². The van der Waals surface area contributed by atoms with Crippen molar-refractivity contribution in [3.8, 4) is 0 Å². The Morgan fingerprint density at radius 2 is 1.90 bits per heavy atom. The highest BCUT2D eigenvalue weighted by atomic mass is 19.4. The zero-order valence-corrected chi connectivity index (χ0v) is 12.3.